The summed E-state index contributed by atoms with van der Waals surface area (Å²) in [5.41, 5.74) is 2.69. The number of aromatic nitrogens is 2. The summed E-state index contributed by atoms with van der Waals surface area (Å²) in [6.07, 6.45) is 8.56. The topological polar surface area (TPSA) is 99.6 Å². The summed E-state index contributed by atoms with van der Waals surface area (Å²) in [7, 11) is 0. The minimum atomic E-state index is -1.04. The van der Waals surface area contributed by atoms with E-state index in [0.29, 0.717) is 44.1 Å². The van der Waals surface area contributed by atoms with Crippen molar-refractivity contribution in [2.45, 2.75) is 114 Å². The Hall–Kier alpha value is -3.72. The highest BCUT2D eigenvalue weighted by Crippen LogP contribution is 2.45. The van der Waals surface area contributed by atoms with Gasteiger partial charge < -0.3 is 20.1 Å². The van der Waals surface area contributed by atoms with Gasteiger partial charge >= 0.3 is 0 Å². The number of benzene rings is 2. The normalized spacial score (nSPS) is 26.3. The van der Waals surface area contributed by atoms with E-state index in [1.165, 1.54) is 36.8 Å². The lowest BCUT2D eigenvalue weighted by Crippen LogP contribution is -2.60. The number of fused-ring (bicyclic) bond motifs is 3. The first-order chi connectivity index (χ1) is 22.1. The average molecular weight is 625 g/mol. The van der Waals surface area contributed by atoms with Gasteiger partial charge in [0, 0.05) is 37.6 Å². The molecule has 4 fully saturated rings. The van der Waals surface area contributed by atoms with Gasteiger partial charge in [-0.1, -0.05) is 42.5 Å². The maximum Gasteiger partial charge on any atom is 0.247 e. The molecule has 0 spiro atoms. The number of likely N-dealkylation sites (tertiary alicyclic amines) is 1. The maximum absolute atomic E-state index is 13.7. The molecule has 0 saturated carbocycles. The molecule has 9 heteroatoms. The van der Waals surface area contributed by atoms with Crippen LogP contribution in [-0.2, 0) is 19.8 Å². The van der Waals surface area contributed by atoms with Crippen LogP contribution in [0.25, 0.3) is 11.0 Å². The first kappa shape index (κ1) is 30.9. The summed E-state index contributed by atoms with van der Waals surface area (Å²) >= 11 is 0. The van der Waals surface area contributed by atoms with Crippen molar-refractivity contribution in [3.63, 3.8) is 0 Å². The van der Waals surface area contributed by atoms with Crippen molar-refractivity contribution >= 4 is 28.8 Å². The SMILES string of the molecule is Cc1nc2ccccc2n1C1C[C@H]2CC[C@@H](C1)N2CCC1(c2ccccc2)CCN(C(=O)C(C)(C)NC(=O)C2CCC(=O)N2)CC1. The Kier molecular flexibility index (Phi) is 8.16. The van der Waals surface area contributed by atoms with Gasteiger partial charge in [-0.15, -0.1) is 0 Å². The number of nitrogens with one attached hydrogen (secondary N) is 2. The van der Waals surface area contributed by atoms with Crippen LogP contribution in [0.4, 0.5) is 0 Å². The number of hydrogen-bond donors (Lipinski definition) is 2. The van der Waals surface area contributed by atoms with Crippen molar-refractivity contribution in [1.29, 1.82) is 0 Å². The van der Waals surface area contributed by atoms with E-state index < -0.39 is 11.6 Å². The smallest absolute Gasteiger partial charge is 0.247 e. The average Bonchev–Trinajstić information content (AvgIpc) is 3.71. The number of imidazole rings is 1. The first-order valence-corrected chi connectivity index (χ1v) is 17.3. The molecule has 7 rings (SSSR count). The van der Waals surface area contributed by atoms with Gasteiger partial charge in [0.15, 0.2) is 0 Å². The predicted octanol–water partition coefficient (Wildman–Crippen LogP) is 4.64. The molecule has 2 N–H and O–H groups in total. The molecule has 46 heavy (non-hydrogen) atoms. The third-order valence-corrected chi connectivity index (χ3v) is 11.5. The fourth-order valence-electron chi connectivity index (χ4n) is 9.06. The highest BCUT2D eigenvalue weighted by molar-refractivity contribution is 5.95. The van der Waals surface area contributed by atoms with Crippen molar-refractivity contribution < 1.29 is 14.4 Å². The van der Waals surface area contributed by atoms with Crippen LogP contribution in [-0.4, -0.2) is 80.4 Å². The number of carbonyl (C=O) groups is 3. The van der Waals surface area contributed by atoms with E-state index in [1.54, 1.807) is 13.8 Å². The lowest BCUT2D eigenvalue weighted by molar-refractivity contribution is -0.142. The minimum Gasteiger partial charge on any atom is -0.344 e. The van der Waals surface area contributed by atoms with Gasteiger partial charge in [0.2, 0.25) is 17.7 Å². The molecule has 9 nitrogen and oxygen atoms in total. The first-order valence-electron chi connectivity index (χ1n) is 17.3. The number of piperidine rings is 2. The van der Waals surface area contributed by atoms with Crippen molar-refractivity contribution in [2.75, 3.05) is 19.6 Å². The molecule has 5 heterocycles. The number of hydrogen-bond acceptors (Lipinski definition) is 5. The van der Waals surface area contributed by atoms with Crippen LogP contribution in [0.15, 0.2) is 54.6 Å². The summed E-state index contributed by atoms with van der Waals surface area (Å²) in [6, 6.07) is 20.6. The molecule has 0 aliphatic carbocycles. The molecule has 244 valence electrons. The Morgan fingerprint density at radius 1 is 0.957 bits per heavy atom. The largest absolute Gasteiger partial charge is 0.344 e. The molecule has 4 saturated heterocycles. The second-order valence-corrected chi connectivity index (χ2v) is 14.7. The van der Waals surface area contributed by atoms with Crippen molar-refractivity contribution in [3.8, 4) is 0 Å². The lowest BCUT2D eigenvalue weighted by atomic mass is 9.70. The van der Waals surface area contributed by atoms with E-state index in [2.05, 4.69) is 81.6 Å². The molecule has 2 bridgehead atoms. The second kappa shape index (κ2) is 12.1. The van der Waals surface area contributed by atoms with Crippen LogP contribution in [0.2, 0.25) is 0 Å². The molecule has 4 aliphatic rings. The number of amides is 3. The summed E-state index contributed by atoms with van der Waals surface area (Å²) in [5.74, 6) is 0.664. The Bertz CT molecular complexity index is 1590. The Balaban J connectivity index is 1.02. The standard InChI is InChI=1S/C37H48N6O3/c1-25-38-30-11-7-8-12-32(30)43(25)29-23-27-13-14-28(24-29)42(27)22-19-37(26-9-5-4-6-10-26)17-20-41(21-18-37)35(46)36(2,3)40-34(45)31-15-16-33(44)39-31/h4-12,27-29,31H,13-24H2,1-3H3,(H,39,44)(H,40,45)/t27-,28+,29?,31?. The van der Waals surface area contributed by atoms with Gasteiger partial charge in [-0.3, -0.25) is 19.3 Å². The van der Waals surface area contributed by atoms with Crippen LogP contribution >= 0.6 is 0 Å². The Morgan fingerprint density at radius 3 is 2.30 bits per heavy atom. The van der Waals surface area contributed by atoms with Crippen LogP contribution in [0.1, 0.15) is 89.1 Å². The van der Waals surface area contributed by atoms with Crippen LogP contribution < -0.4 is 10.6 Å². The van der Waals surface area contributed by atoms with Crippen LogP contribution in [0.3, 0.4) is 0 Å². The van der Waals surface area contributed by atoms with Gasteiger partial charge in [-0.25, -0.2) is 4.98 Å². The van der Waals surface area contributed by atoms with E-state index in [4.69, 9.17) is 4.98 Å². The van der Waals surface area contributed by atoms with Gasteiger partial charge in [-0.2, -0.15) is 0 Å². The van der Waals surface area contributed by atoms with Crippen molar-refractivity contribution in [3.05, 3.63) is 66.0 Å². The molecule has 3 aromatic rings. The molecule has 2 aromatic carbocycles. The number of aryl methyl sites for hydroxylation is 1. The van der Waals surface area contributed by atoms with Gasteiger partial charge in [0.1, 0.15) is 17.4 Å². The fourth-order valence-corrected chi connectivity index (χ4v) is 9.06. The molecule has 2 unspecified atom stereocenters. The van der Waals surface area contributed by atoms with E-state index >= 15 is 0 Å². The van der Waals surface area contributed by atoms with Gasteiger partial charge in [0.25, 0.3) is 0 Å². The lowest BCUT2D eigenvalue weighted by Gasteiger charge is -2.46. The monoisotopic (exact) mass is 624 g/mol. The zero-order valence-corrected chi connectivity index (χ0v) is 27.5. The quantitative estimate of drug-likeness (QED) is 0.381. The summed E-state index contributed by atoms with van der Waals surface area (Å²) in [4.78, 5) is 47.8. The zero-order chi connectivity index (χ0) is 32.1. The summed E-state index contributed by atoms with van der Waals surface area (Å²) in [6.45, 7) is 8.10. The highest BCUT2D eigenvalue weighted by Gasteiger charge is 2.45. The van der Waals surface area contributed by atoms with E-state index in [0.717, 1.165) is 37.1 Å². The summed E-state index contributed by atoms with van der Waals surface area (Å²) in [5, 5.41) is 5.63. The van der Waals surface area contributed by atoms with Crippen molar-refractivity contribution in [1.82, 2.24) is 30.0 Å². The van der Waals surface area contributed by atoms with Crippen LogP contribution in [0, 0.1) is 6.92 Å². The van der Waals surface area contributed by atoms with E-state index in [9.17, 15) is 14.4 Å². The molecule has 1 aromatic heterocycles. The number of para-hydroxylation sites is 2. The zero-order valence-electron chi connectivity index (χ0n) is 27.5. The third-order valence-electron chi connectivity index (χ3n) is 11.5. The number of carbonyl (C=O) groups excluding carboxylic acids is 3. The molecule has 4 atom stereocenters. The van der Waals surface area contributed by atoms with Gasteiger partial charge in [0.05, 0.1) is 11.0 Å². The van der Waals surface area contributed by atoms with E-state index in [-0.39, 0.29) is 23.1 Å². The highest BCUT2D eigenvalue weighted by atomic mass is 16.2. The Labute approximate surface area is 272 Å². The minimum absolute atomic E-state index is 0.00693. The van der Waals surface area contributed by atoms with E-state index in [1.807, 2.05) is 4.90 Å². The number of rotatable bonds is 8. The Morgan fingerprint density at radius 2 is 1.63 bits per heavy atom. The second-order valence-electron chi connectivity index (χ2n) is 14.7. The predicted molar refractivity (Wildman–Crippen MR) is 178 cm³/mol. The van der Waals surface area contributed by atoms with Gasteiger partial charge in [-0.05, 0) is 102 Å². The van der Waals surface area contributed by atoms with Crippen LogP contribution in [0.5, 0.6) is 0 Å². The molecular formula is C37H48N6O3. The molecule has 3 amide bonds. The third kappa shape index (κ3) is 5.72. The summed E-state index contributed by atoms with van der Waals surface area (Å²) < 4.78 is 2.50. The molecular weight excluding hydrogens is 576 g/mol. The maximum atomic E-state index is 13.7. The van der Waals surface area contributed by atoms with Crippen molar-refractivity contribution in [2.24, 2.45) is 0 Å². The fraction of sp³-hybridized carbons (Fsp3) is 0.568. The molecule has 4 aliphatic heterocycles. The molecule has 0 radical (unpaired) electrons. The number of nitrogens with zero attached hydrogens (tertiary/aromatic N) is 4.